The molecule has 0 bridgehead atoms. The van der Waals surface area contributed by atoms with Crippen molar-refractivity contribution in [1.82, 2.24) is 4.90 Å². The van der Waals surface area contributed by atoms with Gasteiger partial charge in [-0.2, -0.15) is 0 Å². The lowest BCUT2D eigenvalue weighted by atomic mass is 10.0. The van der Waals surface area contributed by atoms with Gasteiger partial charge < -0.3 is 24.3 Å². The Hall–Kier alpha value is -3.52. The smallest absolute Gasteiger partial charge is 0.278 e. The number of nitrogens with one attached hydrogen (secondary N) is 1. The lowest BCUT2D eigenvalue weighted by molar-refractivity contribution is -0.137. The molecule has 0 aromatic heterocycles. The summed E-state index contributed by atoms with van der Waals surface area (Å²) in [5.74, 6) is 0.782. The first-order valence-electron chi connectivity index (χ1n) is 10.8. The molecular formula is C25H30N2O6. The van der Waals surface area contributed by atoms with Gasteiger partial charge in [0.15, 0.2) is 11.5 Å². The summed E-state index contributed by atoms with van der Waals surface area (Å²) < 4.78 is 21.5. The number of hydrogen-bond acceptors (Lipinski definition) is 7. The molecule has 1 N–H and O–H groups in total. The van der Waals surface area contributed by atoms with E-state index in [1.807, 2.05) is 32.0 Å². The number of rotatable bonds is 11. The molecule has 1 heterocycles. The van der Waals surface area contributed by atoms with Gasteiger partial charge in [0.1, 0.15) is 11.4 Å². The molecule has 0 aliphatic carbocycles. The largest absolute Gasteiger partial charge is 0.495 e. The Morgan fingerprint density at radius 1 is 0.879 bits per heavy atom. The number of benzene rings is 2. The first-order valence-corrected chi connectivity index (χ1v) is 10.8. The zero-order valence-corrected chi connectivity index (χ0v) is 19.7. The van der Waals surface area contributed by atoms with Gasteiger partial charge in [-0.1, -0.05) is 12.1 Å². The summed E-state index contributed by atoms with van der Waals surface area (Å²) in [6.07, 6.45) is 0.547. The Morgan fingerprint density at radius 3 is 2.24 bits per heavy atom. The van der Waals surface area contributed by atoms with E-state index in [9.17, 15) is 9.59 Å². The molecule has 0 saturated heterocycles. The first-order chi connectivity index (χ1) is 15.9. The summed E-state index contributed by atoms with van der Waals surface area (Å²) >= 11 is 0. The van der Waals surface area contributed by atoms with Crippen molar-refractivity contribution in [3.63, 3.8) is 0 Å². The van der Waals surface area contributed by atoms with Crippen LogP contribution in [0.2, 0.25) is 0 Å². The van der Waals surface area contributed by atoms with E-state index in [-0.39, 0.29) is 23.7 Å². The fourth-order valence-electron chi connectivity index (χ4n) is 3.68. The second-order valence-electron chi connectivity index (χ2n) is 7.46. The Morgan fingerprint density at radius 2 is 1.58 bits per heavy atom. The fourth-order valence-corrected chi connectivity index (χ4v) is 3.68. The minimum Gasteiger partial charge on any atom is -0.495 e. The molecule has 1 aliphatic heterocycles. The summed E-state index contributed by atoms with van der Waals surface area (Å²) in [7, 11) is 4.62. The molecule has 8 heteroatoms. The van der Waals surface area contributed by atoms with Crippen LogP contribution in [0.4, 0.5) is 5.69 Å². The maximum absolute atomic E-state index is 13.4. The van der Waals surface area contributed by atoms with Crippen molar-refractivity contribution in [2.75, 3.05) is 46.4 Å². The Labute approximate surface area is 194 Å². The number of anilines is 1. The van der Waals surface area contributed by atoms with Crippen LogP contribution in [-0.4, -0.2) is 57.8 Å². The Kier molecular flexibility index (Phi) is 7.95. The number of carbonyl (C=O) groups is 2. The van der Waals surface area contributed by atoms with E-state index in [0.29, 0.717) is 48.1 Å². The SMILES string of the molecule is CCOCCCN1C(=O)C(Nc2cc(C)ccc2OC)=C(c2ccc(OC)c(OC)c2)C1=O. The standard InChI is InChI=1S/C25H30N2O6/c1-6-33-13-7-12-27-24(28)22(17-9-11-20(31-4)21(15-17)32-5)23(25(27)29)26-18-14-16(2)8-10-19(18)30-3/h8-11,14-15,26H,6-7,12-13H2,1-5H3. The van der Waals surface area contributed by atoms with Crippen molar-refractivity contribution in [2.45, 2.75) is 20.3 Å². The third-order valence-corrected chi connectivity index (χ3v) is 5.33. The number of methoxy groups -OCH3 is 3. The molecule has 0 spiro atoms. The summed E-state index contributed by atoms with van der Waals surface area (Å²) in [5.41, 5.74) is 2.58. The van der Waals surface area contributed by atoms with Gasteiger partial charge in [0.25, 0.3) is 11.8 Å². The molecule has 8 nitrogen and oxygen atoms in total. The van der Waals surface area contributed by atoms with Crippen LogP contribution in [0.5, 0.6) is 17.2 Å². The van der Waals surface area contributed by atoms with Crippen molar-refractivity contribution in [2.24, 2.45) is 0 Å². The number of aryl methyl sites for hydroxylation is 1. The summed E-state index contributed by atoms with van der Waals surface area (Å²) in [6, 6.07) is 10.7. The van der Waals surface area contributed by atoms with Crippen LogP contribution < -0.4 is 19.5 Å². The molecule has 2 aromatic carbocycles. The third kappa shape index (κ3) is 5.12. The van der Waals surface area contributed by atoms with Gasteiger partial charge in [0, 0.05) is 19.8 Å². The molecule has 2 amide bonds. The minimum absolute atomic E-state index is 0.188. The monoisotopic (exact) mass is 454 g/mol. The Balaban J connectivity index is 2.06. The van der Waals surface area contributed by atoms with E-state index in [4.69, 9.17) is 18.9 Å². The quantitative estimate of drug-likeness (QED) is 0.410. The second-order valence-corrected chi connectivity index (χ2v) is 7.46. The summed E-state index contributed by atoms with van der Waals surface area (Å²) in [4.78, 5) is 28.0. The van der Waals surface area contributed by atoms with Crippen LogP contribution in [-0.2, 0) is 14.3 Å². The molecule has 176 valence electrons. The number of nitrogens with zero attached hydrogens (tertiary/aromatic N) is 1. The summed E-state index contributed by atoms with van der Waals surface area (Å²) in [5, 5.41) is 3.17. The summed E-state index contributed by atoms with van der Waals surface area (Å²) in [6.45, 7) is 5.14. The second kappa shape index (κ2) is 10.9. The minimum atomic E-state index is -0.398. The van der Waals surface area contributed by atoms with Gasteiger partial charge in [-0.3, -0.25) is 14.5 Å². The van der Waals surface area contributed by atoms with Gasteiger partial charge in [-0.15, -0.1) is 0 Å². The normalized spacial score (nSPS) is 13.5. The molecule has 0 saturated carbocycles. The van der Waals surface area contributed by atoms with E-state index in [0.717, 1.165) is 5.56 Å². The highest BCUT2D eigenvalue weighted by atomic mass is 16.5. The van der Waals surface area contributed by atoms with E-state index >= 15 is 0 Å². The van der Waals surface area contributed by atoms with Crippen LogP contribution in [0, 0.1) is 6.92 Å². The molecule has 0 radical (unpaired) electrons. The molecule has 0 fully saturated rings. The zero-order chi connectivity index (χ0) is 24.0. The van der Waals surface area contributed by atoms with Crippen LogP contribution in [0.25, 0.3) is 5.57 Å². The van der Waals surface area contributed by atoms with Crippen molar-refractivity contribution in [3.05, 3.63) is 53.2 Å². The molecule has 1 aliphatic rings. The predicted molar refractivity (Wildman–Crippen MR) is 126 cm³/mol. The number of hydrogen-bond donors (Lipinski definition) is 1. The number of amides is 2. The molecule has 0 unspecified atom stereocenters. The highest BCUT2D eigenvalue weighted by molar-refractivity contribution is 6.36. The molecule has 33 heavy (non-hydrogen) atoms. The van der Waals surface area contributed by atoms with E-state index in [1.165, 1.54) is 19.1 Å². The number of ether oxygens (including phenoxy) is 4. The number of carbonyl (C=O) groups excluding carboxylic acids is 2. The van der Waals surface area contributed by atoms with Gasteiger partial charge in [0.05, 0.1) is 32.6 Å². The van der Waals surface area contributed by atoms with Gasteiger partial charge >= 0.3 is 0 Å². The van der Waals surface area contributed by atoms with Crippen molar-refractivity contribution >= 4 is 23.1 Å². The Bertz CT molecular complexity index is 1060. The van der Waals surface area contributed by atoms with Crippen molar-refractivity contribution in [3.8, 4) is 17.2 Å². The van der Waals surface area contributed by atoms with Gasteiger partial charge in [-0.25, -0.2) is 0 Å². The van der Waals surface area contributed by atoms with Crippen LogP contribution in [0.15, 0.2) is 42.1 Å². The highest BCUT2D eigenvalue weighted by Crippen LogP contribution is 2.37. The molecule has 0 atom stereocenters. The zero-order valence-electron chi connectivity index (χ0n) is 19.7. The van der Waals surface area contributed by atoms with Crippen LogP contribution in [0.3, 0.4) is 0 Å². The maximum Gasteiger partial charge on any atom is 0.278 e. The number of imide groups is 1. The topological polar surface area (TPSA) is 86.3 Å². The fraction of sp³-hybridized carbons (Fsp3) is 0.360. The lowest BCUT2D eigenvalue weighted by Gasteiger charge is -2.16. The van der Waals surface area contributed by atoms with Crippen molar-refractivity contribution < 1.29 is 28.5 Å². The average molecular weight is 455 g/mol. The maximum atomic E-state index is 13.4. The van der Waals surface area contributed by atoms with E-state index < -0.39 is 5.91 Å². The van der Waals surface area contributed by atoms with E-state index in [1.54, 1.807) is 25.3 Å². The van der Waals surface area contributed by atoms with Crippen LogP contribution in [0.1, 0.15) is 24.5 Å². The molecule has 2 aromatic rings. The first kappa shape index (κ1) is 24.1. The highest BCUT2D eigenvalue weighted by Gasteiger charge is 2.39. The molecular weight excluding hydrogens is 424 g/mol. The van der Waals surface area contributed by atoms with Crippen molar-refractivity contribution in [1.29, 1.82) is 0 Å². The molecule has 3 rings (SSSR count). The lowest BCUT2D eigenvalue weighted by Crippen LogP contribution is -2.34. The van der Waals surface area contributed by atoms with Gasteiger partial charge in [-0.05, 0) is 55.7 Å². The van der Waals surface area contributed by atoms with E-state index in [2.05, 4.69) is 5.32 Å². The van der Waals surface area contributed by atoms with Crippen LogP contribution >= 0.6 is 0 Å². The average Bonchev–Trinajstić information content (AvgIpc) is 3.05. The van der Waals surface area contributed by atoms with Gasteiger partial charge in [0.2, 0.25) is 0 Å². The third-order valence-electron chi connectivity index (χ3n) is 5.33. The predicted octanol–water partition coefficient (Wildman–Crippen LogP) is 3.64.